The fourth-order valence-corrected chi connectivity index (χ4v) is 9.74. The number of aliphatic hydroxyl groups is 2. The van der Waals surface area contributed by atoms with Crippen LogP contribution in [0.2, 0.25) is 0 Å². The van der Waals surface area contributed by atoms with Crippen LogP contribution in [0.3, 0.4) is 0 Å². The van der Waals surface area contributed by atoms with E-state index in [9.17, 15) is 10.2 Å². The lowest BCUT2D eigenvalue weighted by Gasteiger charge is -2.48. The van der Waals surface area contributed by atoms with Crippen molar-refractivity contribution < 1.29 is 10.2 Å². The molecule has 5 heteroatoms. The normalized spacial score (nSPS) is 37.9. The Morgan fingerprint density at radius 2 is 1.80 bits per heavy atom. The SMILES string of the molecule is CCN1CCN(CCN2C[C@@H](C)C[C@@H](O)[C@@H]2[C@@H](C)c2ccc3c(c2C)C[C@H]2[C@H]3CC=C3C[C@@H](O)CC[C@@]32C)CC1. The monoisotopic (exact) mass is 549 g/mol. The second kappa shape index (κ2) is 11.4. The fourth-order valence-electron chi connectivity index (χ4n) is 9.74. The number of hydrogen-bond donors (Lipinski definition) is 2. The van der Waals surface area contributed by atoms with Crippen LogP contribution in [-0.4, -0.2) is 95.5 Å². The fraction of sp³-hybridized carbons (Fsp3) is 0.771. The third kappa shape index (κ3) is 5.13. The third-order valence-corrected chi connectivity index (χ3v) is 12.2. The summed E-state index contributed by atoms with van der Waals surface area (Å²) in [6, 6.07) is 5.08. The molecule has 0 bridgehead atoms. The van der Waals surface area contributed by atoms with E-state index in [0.29, 0.717) is 23.7 Å². The molecule has 6 rings (SSSR count). The van der Waals surface area contributed by atoms with Crippen LogP contribution in [0.5, 0.6) is 0 Å². The highest BCUT2D eigenvalue weighted by Crippen LogP contribution is 2.60. The maximum atomic E-state index is 11.5. The molecule has 1 aromatic carbocycles. The van der Waals surface area contributed by atoms with Crippen molar-refractivity contribution in [2.75, 3.05) is 52.4 Å². The summed E-state index contributed by atoms with van der Waals surface area (Å²) in [7, 11) is 0. The van der Waals surface area contributed by atoms with Crippen LogP contribution in [0, 0.1) is 24.2 Å². The van der Waals surface area contributed by atoms with Gasteiger partial charge < -0.3 is 15.1 Å². The van der Waals surface area contributed by atoms with Gasteiger partial charge in [0.1, 0.15) is 0 Å². The van der Waals surface area contributed by atoms with E-state index in [-0.39, 0.29) is 23.7 Å². The van der Waals surface area contributed by atoms with Gasteiger partial charge in [0.25, 0.3) is 0 Å². The van der Waals surface area contributed by atoms with Gasteiger partial charge in [-0.3, -0.25) is 9.80 Å². The summed E-state index contributed by atoms with van der Waals surface area (Å²) in [5.41, 5.74) is 7.88. The van der Waals surface area contributed by atoms with Crippen molar-refractivity contribution in [2.24, 2.45) is 17.3 Å². The second-order valence-corrected chi connectivity index (χ2v) is 14.5. The zero-order valence-corrected chi connectivity index (χ0v) is 25.9. The van der Waals surface area contributed by atoms with Crippen molar-refractivity contribution in [3.05, 3.63) is 46.0 Å². The van der Waals surface area contributed by atoms with Crippen LogP contribution in [0.1, 0.15) is 93.9 Å². The maximum Gasteiger partial charge on any atom is 0.0704 e. The minimum atomic E-state index is -0.273. The molecule has 0 unspecified atom stereocenters. The number of allylic oxidation sites excluding steroid dienone is 1. The highest BCUT2D eigenvalue weighted by atomic mass is 16.3. The van der Waals surface area contributed by atoms with Gasteiger partial charge in [0.05, 0.1) is 12.2 Å². The Morgan fingerprint density at radius 1 is 1.05 bits per heavy atom. The first kappa shape index (κ1) is 28.9. The summed E-state index contributed by atoms with van der Waals surface area (Å²) in [4.78, 5) is 7.83. The van der Waals surface area contributed by atoms with Crippen LogP contribution >= 0.6 is 0 Å². The zero-order chi connectivity index (χ0) is 28.2. The Labute approximate surface area is 243 Å². The van der Waals surface area contributed by atoms with Gasteiger partial charge in [-0.1, -0.05) is 51.5 Å². The lowest BCUT2D eigenvalue weighted by Crippen LogP contribution is -2.56. The summed E-state index contributed by atoms with van der Waals surface area (Å²) in [5, 5.41) is 21.9. The Hall–Kier alpha value is -1.24. The summed E-state index contributed by atoms with van der Waals surface area (Å²) >= 11 is 0. The van der Waals surface area contributed by atoms with Crippen LogP contribution in [0.15, 0.2) is 23.8 Å². The molecule has 0 radical (unpaired) electrons. The van der Waals surface area contributed by atoms with E-state index in [1.165, 1.54) is 49.3 Å². The van der Waals surface area contributed by atoms with E-state index in [4.69, 9.17) is 0 Å². The first-order valence-corrected chi connectivity index (χ1v) is 16.6. The number of aliphatic hydroxyl groups excluding tert-OH is 2. The average molecular weight is 550 g/mol. The van der Waals surface area contributed by atoms with Gasteiger partial charge in [-0.25, -0.2) is 0 Å². The summed E-state index contributed by atoms with van der Waals surface area (Å²) in [6.07, 6.45) is 8.21. The number of rotatable bonds is 6. The molecule has 8 atom stereocenters. The molecule has 40 heavy (non-hydrogen) atoms. The average Bonchev–Trinajstić information content (AvgIpc) is 3.33. The van der Waals surface area contributed by atoms with E-state index in [0.717, 1.165) is 58.3 Å². The Morgan fingerprint density at radius 3 is 2.55 bits per heavy atom. The van der Waals surface area contributed by atoms with E-state index in [1.807, 2.05) is 0 Å². The van der Waals surface area contributed by atoms with Crippen molar-refractivity contribution in [1.29, 1.82) is 0 Å². The Balaban J connectivity index is 1.20. The molecule has 5 aliphatic rings. The minimum Gasteiger partial charge on any atom is -0.393 e. The number of likely N-dealkylation sites (N-methyl/N-ethyl adjacent to an activating group) is 1. The van der Waals surface area contributed by atoms with Crippen LogP contribution in [0.4, 0.5) is 0 Å². The maximum absolute atomic E-state index is 11.5. The predicted molar refractivity (Wildman–Crippen MR) is 164 cm³/mol. The highest BCUT2D eigenvalue weighted by Gasteiger charge is 2.50. The molecule has 3 fully saturated rings. The molecule has 2 N–H and O–H groups in total. The van der Waals surface area contributed by atoms with Gasteiger partial charge in [-0.05, 0) is 103 Å². The van der Waals surface area contributed by atoms with Gasteiger partial charge in [0, 0.05) is 51.9 Å². The van der Waals surface area contributed by atoms with Crippen LogP contribution in [-0.2, 0) is 6.42 Å². The first-order valence-electron chi connectivity index (χ1n) is 16.6. The van der Waals surface area contributed by atoms with Crippen LogP contribution in [0.25, 0.3) is 0 Å². The molecule has 5 nitrogen and oxygen atoms in total. The Kier molecular flexibility index (Phi) is 8.26. The number of fused-ring (bicyclic) bond motifs is 5. The number of hydrogen-bond acceptors (Lipinski definition) is 5. The smallest absolute Gasteiger partial charge is 0.0704 e. The highest BCUT2D eigenvalue weighted by molar-refractivity contribution is 5.50. The van der Waals surface area contributed by atoms with Gasteiger partial charge in [-0.2, -0.15) is 0 Å². The van der Waals surface area contributed by atoms with Crippen LogP contribution < -0.4 is 0 Å². The molecular weight excluding hydrogens is 494 g/mol. The molecule has 2 saturated heterocycles. The minimum absolute atomic E-state index is 0.151. The molecule has 0 amide bonds. The zero-order valence-electron chi connectivity index (χ0n) is 25.9. The standard InChI is InChI=1S/C35H55N3O2/c1-6-36-13-15-37(16-14-36)17-18-38-22-23(2)19-33(40)34(38)25(4)28-9-10-29-30-8-7-26-20-27(39)11-12-35(26,5)32(30)21-31(29)24(28)3/h7,9-10,23,25,27,30,32-34,39-40H,6,8,11-22H2,1-5H3/t23-,25-,27-,30-,32-,33+,34-,35-/m0/s1. The molecular formula is C35H55N3O2. The van der Waals surface area contributed by atoms with Crippen molar-refractivity contribution >= 4 is 0 Å². The second-order valence-electron chi connectivity index (χ2n) is 14.5. The lowest BCUT2D eigenvalue weighted by molar-refractivity contribution is -0.0259. The third-order valence-electron chi connectivity index (χ3n) is 12.2. The van der Waals surface area contributed by atoms with Gasteiger partial charge in [0.2, 0.25) is 0 Å². The quantitative estimate of drug-likeness (QED) is 0.492. The van der Waals surface area contributed by atoms with Crippen molar-refractivity contribution in [3.8, 4) is 0 Å². The number of likely N-dealkylation sites (tertiary alicyclic amines) is 1. The van der Waals surface area contributed by atoms with Crippen molar-refractivity contribution in [1.82, 2.24) is 14.7 Å². The van der Waals surface area contributed by atoms with E-state index in [1.54, 1.807) is 11.1 Å². The van der Waals surface area contributed by atoms with Crippen molar-refractivity contribution in [2.45, 2.75) is 103 Å². The van der Waals surface area contributed by atoms with Crippen molar-refractivity contribution in [3.63, 3.8) is 0 Å². The van der Waals surface area contributed by atoms with E-state index >= 15 is 0 Å². The predicted octanol–water partition coefficient (Wildman–Crippen LogP) is 4.94. The number of piperidine rings is 1. The molecule has 3 aliphatic carbocycles. The number of benzene rings is 1. The van der Waals surface area contributed by atoms with E-state index in [2.05, 4.69) is 67.5 Å². The molecule has 0 spiro atoms. The topological polar surface area (TPSA) is 50.2 Å². The summed E-state index contributed by atoms with van der Waals surface area (Å²) in [6.45, 7) is 20.9. The molecule has 0 aromatic heterocycles. The van der Waals surface area contributed by atoms with E-state index < -0.39 is 0 Å². The Bertz CT molecular complexity index is 1090. The number of nitrogens with zero attached hydrogens (tertiary/aromatic N) is 3. The summed E-state index contributed by atoms with van der Waals surface area (Å²) < 4.78 is 0. The molecule has 1 saturated carbocycles. The van der Waals surface area contributed by atoms with Gasteiger partial charge in [-0.15, -0.1) is 0 Å². The molecule has 1 aromatic rings. The summed E-state index contributed by atoms with van der Waals surface area (Å²) in [5.74, 6) is 2.12. The van der Waals surface area contributed by atoms with Gasteiger partial charge in [0.15, 0.2) is 0 Å². The first-order chi connectivity index (χ1) is 19.2. The molecule has 2 heterocycles. The number of piperazine rings is 1. The molecule has 222 valence electrons. The van der Waals surface area contributed by atoms with Gasteiger partial charge >= 0.3 is 0 Å². The lowest BCUT2D eigenvalue weighted by atomic mass is 9.57. The largest absolute Gasteiger partial charge is 0.393 e. The molecule has 2 aliphatic heterocycles.